The van der Waals surface area contributed by atoms with Crippen molar-refractivity contribution in [3.05, 3.63) is 24.0 Å². The Balaban J connectivity index is 0.000000321. The predicted octanol–water partition coefficient (Wildman–Crippen LogP) is 1.86. The molecule has 0 aromatic carbocycles. The number of likely N-dealkylation sites (tertiary alicyclic amines) is 1. The number of fused-ring (bicyclic) bond motifs is 1. The molecule has 2 atom stereocenters. The largest absolute Gasteiger partial charge is 0.490 e. The molecule has 1 aromatic rings. The minimum atomic E-state index is -5.08. The molecule has 0 saturated carbocycles. The number of H-pyrrole nitrogens is 1. The Labute approximate surface area is 155 Å². The Hall–Kier alpha value is -2.07. The highest BCUT2D eigenvalue weighted by atomic mass is 19.4. The second kappa shape index (κ2) is 9.23. The molecule has 0 radical (unpaired) electrons. The summed E-state index contributed by atoms with van der Waals surface area (Å²) in [6, 6.07) is 4.42. The summed E-state index contributed by atoms with van der Waals surface area (Å²) in [6.45, 7) is 6.10. The normalized spacial score (nSPS) is 23.6. The summed E-state index contributed by atoms with van der Waals surface area (Å²) in [5.41, 5.74) is 1.25. The van der Waals surface area contributed by atoms with E-state index in [0.29, 0.717) is 6.61 Å². The maximum atomic E-state index is 11.8. The molecule has 1 amide bonds. The molecule has 2 aliphatic rings. The van der Waals surface area contributed by atoms with E-state index < -0.39 is 12.1 Å². The number of amides is 1. The number of halogens is 3. The Morgan fingerprint density at radius 1 is 1.30 bits per heavy atom. The SMILES string of the molecule is CC(=O)N1CCOC2CCN(Cc3ccc[nH]3)CCC21.O=C(O)C(F)(F)F. The number of alkyl halides is 3. The fraction of sp³-hybridized carbons (Fsp3) is 0.647. The van der Waals surface area contributed by atoms with Crippen LogP contribution in [0.5, 0.6) is 0 Å². The van der Waals surface area contributed by atoms with Gasteiger partial charge in [0.05, 0.1) is 18.8 Å². The number of carbonyl (C=O) groups is 2. The first-order chi connectivity index (χ1) is 12.7. The van der Waals surface area contributed by atoms with Crippen molar-refractivity contribution in [2.45, 2.75) is 44.6 Å². The van der Waals surface area contributed by atoms with Gasteiger partial charge in [-0.1, -0.05) is 0 Å². The molecule has 7 nitrogen and oxygen atoms in total. The summed E-state index contributed by atoms with van der Waals surface area (Å²) in [5, 5.41) is 7.12. The summed E-state index contributed by atoms with van der Waals surface area (Å²) in [5.74, 6) is -2.58. The van der Waals surface area contributed by atoms with Gasteiger partial charge in [-0.3, -0.25) is 9.69 Å². The molecular weight excluding hydrogens is 367 g/mol. The third-order valence-corrected chi connectivity index (χ3v) is 4.67. The number of aromatic amines is 1. The topological polar surface area (TPSA) is 85.9 Å². The number of carboxylic acid groups (broad SMARTS) is 1. The molecule has 27 heavy (non-hydrogen) atoms. The summed E-state index contributed by atoms with van der Waals surface area (Å²) in [7, 11) is 0. The lowest BCUT2D eigenvalue weighted by molar-refractivity contribution is -0.192. The average molecular weight is 391 g/mol. The Morgan fingerprint density at radius 3 is 2.52 bits per heavy atom. The van der Waals surface area contributed by atoms with Gasteiger partial charge in [0.15, 0.2) is 0 Å². The second-order valence-electron chi connectivity index (χ2n) is 6.54. The van der Waals surface area contributed by atoms with Gasteiger partial charge in [0.2, 0.25) is 5.91 Å². The van der Waals surface area contributed by atoms with E-state index in [2.05, 4.69) is 16.0 Å². The zero-order chi connectivity index (χ0) is 20.0. The maximum Gasteiger partial charge on any atom is 0.490 e. The number of rotatable bonds is 2. The van der Waals surface area contributed by atoms with Crippen molar-refractivity contribution in [1.29, 1.82) is 0 Å². The lowest BCUT2D eigenvalue weighted by Gasteiger charge is -2.39. The number of aliphatic carboxylic acids is 1. The molecule has 0 spiro atoms. The zero-order valence-electron chi connectivity index (χ0n) is 15.0. The van der Waals surface area contributed by atoms with Crippen LogP contribution in [0.4, 0.5) is 13.2 Å². The molecule has 2 aliphatic heterocycles. The predicted molar refractivity (Wildman–Crippen MR) is 89.9 cm³/mol. The summed E-state index contributed by atoms with van der Waals surface area (Å²) in [6.07, 6.45) is -0.894. The first kappa shape index (κ1) is 21.2. The third-order valence-electron chi connectivity index (χ3n) is 4.67. The van der Waals surface area contributed by atoms with Crippen LogP contribution in [-0.4, -0.2) is 76.3 Å². The van der Waals surface area contributed by atoms with Gasteiger partial charge in [-0.2, -0.15) is 13.2 Å². The molecule has 1 aromatic heterocycles. The van der Waals surface area contributed by atoms with Gasteiger partial charge in [0.1, 0.15) is 0 Å². The van der Waals surface area contributed by atoms with E-state index in [1.807, 2.05) is 17.2 Å². The number of nitrogens with zero attached hydrogens (tertiary/aromatic N) is 2. The van der Waals surface area contributed by atoms with Crippen molar-refractivity contribution >= 4 is 11.9 Å². The highest BCUT2D eigenvalue weighted by Crippen LogP contribution is 2.24. The van der Waals surface area contributed by atoms with E-state index in [0.717, 1.165) is 39.0 Å². The van der Waals surface area contributed by atoms with Crippen molar-refractivity contribution < 1.29 is 32.6 Å². The molecular formula is C17H24F3N3O4. The zero-order valence-corrected chi connectivity index (χ0v) is 15.0. The van der Waals surface area contributed by atoms with Crippen LogP contribution in [0.1, 0.15) is 25.5 Å². The van der Waals surface area contributed by atoms with Gasteiger partial charge in [0, 0.05) is 45.0 Å². The Bertz CT molecular complexity index is 621. The molecule has 3 rings (SSSR count). The van der Waals surface area contributed by atoms with Crippen molar-refractivity contribution in [3.63, 3.8) is 0 Å². The van der Waals surface area contributed by atoms with Crippen LogP contribution >= 0.6 is 0 Å². The highest BCUT2D eigenvalue weighted by Gasteiger charge is 2.38. The van der Waals surface area contributed by atoms with Gasteiger partial charge in [-0.15, -0.1) is 0 Å². The van der Waals surface area contributed by atoms with Crippen LogP contribution in [0, 0.1) is 0 Å². The summed E-state index contributed by atoms with van der Waals surface area (Å²) < 4.78 is 37.6. The van der Waals surface area contributed by atoms with Gasteiger partial charge >= 0.3 is 12.1 Å². The molecule has 2 fully saturated rings. The van der Waals surface area contributed by atoms with Crippen LogP contribution < -0.4 is 0 Å². The minimum Gasteiger partial charge on any atom is -0.475 e. The number of nitrogens with one attached hydrogen (secondary N) is 1. The van der Waals surface area contributed by atoms with Crippen LogP contribution in [0.3, 0.4) is 0 Å². The Morgan fingerprint density at radius 2 is 1.96 bits per heavy atom. The molecule has 0 aliphatic carbocycles. The monoisotopic (exact) mass is 391 g/mol. The highest BCUT2D eigenvalue weighted by molar-refractivity contribution is 5.74. The van der Waals surface area contributed by atoms with E-state index in [1.165, 1.54) is 5.69 Å². The smallest absolute Gasteiger partial charge is 0.475 e. The fourth-order valence-electron chi connectivity index (χ4n) is 3.39. The molecule has 2 N–H and O–H groups in total. The van der Waals surface area contributed by atoms with Crippen LogP contribution in [0.15, 0.2) is 18.3 Å². The van der Waals surface area contributed by atoms with Gasteiger partial charge in [0.25, 0.3) is 0 Å². The van der Waals surface area contributed by atoms with Crippen molar-refractivity contribution in [2.24, 2.45) is 0 Å². The average Bonchev–Trinajstić information content (AvgIpc) is 3.01. The molecule has 10 heteroatoms. The van der Waals surface area contributed by atoms with Crippen molar-refractivity contribution in [2.75, 3.05) is 26.2 Å². The van der Waals surface area contributed by atoms with E-state index in [1.54, 1.807) is 6.92 Å². The maximum absolute atomic E-state index is 11.8. The van der Waals surface area contributed by atoms with Gasteiger partial charge in [-0.25, -0.2) is 4.79 Å². The lowest BCUT2D eigenvalue weighted by Crippen LogP contribution is -2.52. The van der Waals surface area contributed by atoms with E-state index >= 15 is 0 Å². The quantitative estimate of drug-likeness (QED) is 0.804. The number of hydrogen-bond acceptors (Lipinski definition) is 4. The van der Waals surface area contributed by atoms with Crippen molar-refractivity contribution in [3.8, 4) is 0 Å². The fourth-order valence-corrected chi connectivity index (χ4v) is 3.39. The van der Waals surface area contributed by atoms with Crippen LogP contribution in [0.25, 0.3) is 0 Å². The van der Waals surface area contributed by atoms with Crippen LogP contribution in [-0.2, 0) is 20.9 Å². The molecule has 2 saturated heterocycles. The van der Waals surface area contributed by atoms with E-state index in [-0.39, 0.29) is 18.1 Å². The first-order valence-electron chi connectivity index (χ1n) is 8.72. The third kappa shape index (κ3) is 6.24. The van der Waals surface area contributed by atoms with Crippen LogP contribution in [0.2, 0.25) is 0 Å². The van der Waals surface area contributed by atoms with E-state index in [4.69, 9.17) is 14.6 Å². The minimum absolute atomic E-state index is 0.182. The molecule has 0 bridgehead atoms. The standard InChI is InChI=1S/C15H23N3O2.C2HF3O2/c1-12(19)18-9-10-20-15-5-8-17(7-4-14(15)18)11-13-3-2-6-16-13;3-2(4,5)1(6)7/h2-3,6,14-16H,4-5,7-11H2,1H3;(H,6,7). The number of hydrogen-bond donors (Lipinski definition) is 2. The number of aromatic nitrogens is 1. The van der Waals surface area contributed by atoms with E-state index in [9.17, 15) is 18.0 Å². The van der Waals surface area contributed by atoms with Crippen molar-refractivity contribution in [1.82, 2.24) is 14.8 Å². The number of ether oxygens (including phenoxy) is 1. The number of carboxylic acids is 1. The van der Waals surface area contributed by atoms with Gasteiger partial charge < -0.3 is 19.7 Å². The number of morpholine rings is 1. The lowest BCUT2D eigenvalue weighted by atomic mass is 10.0. The summed E-state index contributed by atoms with van der Waals surface area (Å²) in [4.78, 5) is 28.4. The Kier molecular flexibility index (Phi) is 7.25. The molecule has 3 heterocycles. The van der Waals surface area contributed by atoms with Gasteiger partial charge in [-0.05, 0) is 25.0 Å². The second-order valence-corrected chi connectivity index (χ2v) is 6.54. The summed E-state index contributed by atoms with van der Waals surface area (Å²) >= 11 is 0. The molecule has 2 unspecified atom stereocenters. The molecule has 152 valence electrons. The number of carbonyl (C=O) groups excluding carboxylic acids is 1. The first-order valence-corrected chi connectivity index (χ1v) is 8.72.